The fourth-order valence-electron chi connectivity index (χ4n) is 1.97. The molecule has 2 aromatic rings. The zero-order chi connectivity index (χ0) is 12.6. The van der Waals surface area contributed by atoms with Crippen LogP contribution in [-0.4, -0.2) is 25.7 Å². The maximum Gasteiger partial charge on any atom is 0.176 e. The van der Waals surface area contributed by atoms with E-state index < -0.39 is 9.84 Å². The highest BCUT2D eigenvalue weighted by molar-refractivity contribution is 7.91. The van der Waals surface area contributed by atoms with E-state index in [1.807, 2.05) is 19.1 Å². The molecule has 0 amide bonds. The molecule has 1 heterocycles. The Hall–Kier alpha value is -1.33. The summed E-state index contributed by atoms with van der Waals surface area (Å²) in [7, 11) is -3.20. The number of hydrogen-bond acceptors (Lipinski definition) is 3. The number of sulfone groups is 1. The van der Waals surface area contributed by atoms with E-state index in [4.69, 9.17) is 5.73 Å². The highest BCUT2D eigenvalue weighted by atomic mass is 32.2. The van der Waals surface area contributed by atoms with Gasteiger partial charge >= 0.3 is 0 Å². The third kappa shape index (κ3) is 2.50. The summed E-state index contributed by atoms with van der Waals surface area (Å²) in [5, 5.41) is 0.741. The van der Waals surface area contributed by atoms with Gasteiger partial charge in [-0.3, -0.25) is 0 Å². The molecule has 1 aromatic carbocycles. The Morgan fingerprint density at radius 2 is 2.12 bits per heavy atom. The molecule has 0 aliphatic heterocycles. The van der Waals surface area contributed by atoms with E-state index in [0.717, 1.165) is 16.6 Å². The smallest absolute Gasteiger partial charge is 0.176 e. The second kappa shape index (κ2) is 4.16. The number of nitrogens with one attached hydrogen (secondary N) is 1. The van der Waals surface area contributed by atoms with Crippen molar-refractivity contribution < 1.29 is 8.42 Å². The zero-order valence-corrected chi connectivity index (χ0v) is 10.7. The van der Waals surface area contributed by atoms with Gasteiger partial charge in [0.25, 0.3) is 0 Å². The maximum atomic E-state index is 11.6. The van der Waals surface area contributed by atoms with Gasteiger partial charge in [-0.25, -0.2) is 8.42 Å². The topological polar surface area (TPSA) is 76.0 Å². The Balaban J connectivity index is 2.61. The number of rotatable bonds is 3. The molecule has 5 heteroatoms. The van der Waals surface area contributed by atoms with Gasteiger partial charge in [-0.2, -0.15) is 0 Å². The predicted octanol–water partition coefficient (Wildman–Crippen LogP) is 1.46. The molecule has 1 unspecified atom stereocenters. The molecular weight excluding hydrogens is 236 g/mol. The molecule has 0 aliphatic carbocycles. The van der Waals surface area contributed by atoms with Crippen LogP contribution in [0.25, 0.3) is 10.9 Å². The number of aromatic amines is 1. The summed E-state index contributed by atoms with van der Waals surface area (Å²) in [5.41, 5.74) is 7.53. The van der Waals surface area contributed by atoms with Gasteiger partial charge in [0, 0.05) is 35.3 Å². The Morgan fingerprint density at radius 3 is 2.71 bits per heavy atom. The highest BCUT2D eigenvalue weighted by Gasteiger charge is 2.13. The Kier molecular flexibility index (Phi) is 2.97. The molecule has 3 N–H and O–H groups in total. The molecule has 0 saturated heterocycles. The fourth-order valence-corrected chi connectivity index (χ4v) is 2.86. The predicted molar refractivity (Wildman–Crippen MR) is 68.8 cm³/mol. The number of hydrogen-bond donors (Lipinski definition) is 2. The molecule has 4 nitrogen and oxygen atoms in total. The van der Waals surface area contributed by atoms with Crippen molar-refractivity contribution in [2.24, 2.45) is 5.73 Å². The minimum Gasteiger partial charge on any atom is -0.358 e. The lowest BCUT2D eigenvalue weighted by Crippen LogP contribution is -2.17. The molecule has 0 saturated carbocycles. The Morgan fingerprint density at radius 1 is 1.41 bits per heavy atom. The first-order valence-corrected chi connectivity index (χ1v) is 7.33. The van der Waals surface area contributed by atoms with Gasteiger partial charge in [0.2, 0.25) is 0 Å². The largest absolute Gasteiger partial charge is 0.358 e. The quantitative estimate of drug-likeness (QED) is 0.868. The molecule has 0 aliphatic rings. The van der Waals surface area contributed by atoms with Gasteiger partial charge < -0.3 is 10.7 Å². The monoisotopic (exact) mass is 252 g/mol. The Bertz CT molecular complexity index is 642. The summed E-state index contributed by atoms with van der Waals surface area (Å²) in [4.78, 5) is 3.56. The molecule has 0 fully saturated rings. The number of aromatic nitrogens is 1. The average Bonchev–Trinajstić information content (AvgIpc) is 2.55. The van der Waals surface area contributed by atoms with E-state index in [2.05, 4.69) is 4.98 Å². The van der Waals surface area contributed by atoms with Gasteiger partial charge in [0.15, 0.2) is 9.84 Å². The van der Waals surface area contributed by atoms with Crippen molar-refractivity contribution in [2.75, 3.05) is 6.26 Å². The van der Waals surface area contributed by atoms with Crippen LogP contribution in [-0.2, 0) is 16.3 Å². The molecule has 0 radical (unpaired) electrons. The molecule has 17 heavy (non-hydrogen) atoms. The van der Waals surface area contributed by atoms with E-state index in [9.17, 15) is 8.42 Å². The van der Waals surface area contributed by atoms with Gasteiger partial charge in [-0.15, -0.1) is 0 Å². The molecule has 0 bridgehead atoms. The van der Waals surface area contributed by atoms with E-state index in [1.54, 1.807) is 12.1 Å². The summed E-state index contributed by atoms with van der Waals surface area (Å²) in [5.74, 6) is 0. The molecule has 2 rings (SSSR count). The minimum atomic E-state index is -3.20. The average molecular weight is 252 g/mol. The lowest BCUT2D eigenvalue weighted by atomic mass is 10.2. The number of nitrogens with two attached hydrogens (primary N) is 1. The van der Waals surface area contributed by atoms with Crippen LogP contribution in [0.1, 0.15) is 12.6 Å². The lowest BCUT2D eigenvalue weighted by molar-refractivity contribution is 0.602. The van der Waals surface area contributed by atoms with Crippen LogP contribution in [0, 0.1) is 0 Å². The first-order valence-electron chi connectivity index (χ1n) is 5.44. The van der Waals surface area contributed by atoms with Crippen molar-refractivity contribution in [3.8, 4) is 0 Å². The van der Waals surface area contributed by atoms with Crippen molar-refractivity contribution in [1.29, 1.82) is 0 Å². The van der Waals surface area contributed by atoms with Crippen LogP contribution < -0.4 is 5.73 Å². The number of H-pyrrole nitrogens is 1. The van der Waals surface area contributed by atoms with Crippen LogP contribution >= 0.6 is 0 Å². The SMILES string of the molecule is CC(N)Cc1cc2c(S(C)(=O)=O)cccc2[nH]1. The highest BCUT2D eigenvalue weighted by Crippen LogP contribution is 2.24. The first kappa shape index (κ1) is 12.1. The summed E-state index contributed by atoms with van der Waals surface area (Å²) in [6, 6.07) is 7.15. The van der Waals surface area contributed by atoms with Crippen molar-refractivity contribution in [1.82, 2.24) is 4.98 Å². The Labute approximate surface area is 101 Å². The van der Waals surface area contributed by atoms with Crippen LogP contribution in [0.5, 0.6) is 0 Å². The normalized spacial score (nSPS) is 14.1. The third-order valence-electron chi connectivity index (χ3n) is 2.62. The summed E-state index contributed by atoms with van der Waals surface area (Å²) < 4.78 is 23.3. The van der Waals surface area contributed by atoms with Crippen LogP contribution in [0.2, 0.25) is 0 Å². The van der Waals surface area contributed by atoms with E-state index in [-0.39, 0.29) is 6.04 Å². The summed E-state index contributed by atoms with van der Waals surface area (Å²) in [6.07, 6.45) is 1.93. The molecule has 0 spiro atoms. The fraction of sp³-hybridized carbons (Fsp3) is 0.333. The van der Waals surface area contributed by atoms with Crippen molar-refractivity contribution in [2.45, 2.75) is 24.3 Å². The summed E-state index contributed by atoms with van der Waals surface area (Å²) in [6.45, 7) is 1.92. The minimum absolute atomic E-state index is 0.0461. The van der Waals surface area contributed by atoms with E-state index in [0.29, 0.717) is 11.3 Å². The van der Waals surface area contributed by atoms with Crippen molar-refractivity contribution >= 4 is 20.7 Å². The van der Waals surface area contributed by atoms with E-state index >= 15 is 0 Å². The van der Waals surface area contributed by atoms with Crippen molar-refractivity contribution in [3.05, 3.63) is 30.0 Å². The second-order valence-corrected chi connectivity index (χ2v) is 6.45. The van der Waals surface area contributed by atoms with Gasteiger partial charge in [0.05, 0.1) is 4.90 Å². The van der Waals surface area contributed by atoms with Crippen LogP contribution in [0.3, 0.4) is 0 Å². The van der Waals surface area contributed by atoms with Gasteiger partial charge in [-0.1, -0.05) is 6.07 Å². The van der Waals surface area contributed by atoms with Crippen LogP contribution in [0.15, 0.2) is 29.2 Å². The summed E-state index contributed by atoms with van der Waals surface area (Å²) >= 11 is 0. The lowest BCUT2D eigenvalue weighted by Gasteiger charge is -2.00. The first-order chi connectivity index (χ1) is 7.88. The molecule has 1 atom stereocenters. The third-order valence-corrected chi connectivity index (χ3v) is 3.78. The number of fused-ring (bicyclic) bond motifs is 1. The van der Waals surface area contributed by atoms with Gasteiger partial charge in [0.1, 0.15) is 0 Å². The zero-order valence-electron chi connectivity index (χ0n) is 9.90. The molecule has 92 valence electrons. The van der Waals surface area contributed by atoms with Crippen molar-refractivity contribution in [3.63, 3.8) is 0 Å². The van der Waals surface area contributed by atoms with Gasteiger partial charge in [-0.05, 0) is 25.1 Å². The standard InChI is InChI=1S/C12H16N2O2S/c1-8(13)6-9-7-10-11(14-9)4-3-5-12(10)17(2,15)16/h3-5,7-8,14H,6,13H2,1-2H3. The van der Waals surface area contributed by atoms with Crippen LogP contribution in [0.4, 0.5) is 0 Å². The number of benzene rings is 1. The molecular formula is C12H16N2O2S. The maximum absolute atomic E-state index is 11.6. The molecule has 1 aromatic heterocycles. The second-order valence-electron chi connectivity index (χ2n) is 4.47. The van der Waals surface area contributed by atoms with E-state index in [1.165, 1.54) is 6.26 Å².